The van der Waals surface area contributed by atoms with Crippen molar-refractivity contribution in [3.63, 3.8) is 0 Å². The molecule has 6 rings (SSSR count). The maximum Gasteiger partial charge on any atom is 0.231 e. The Bertz CT molecular complexity index is 1360. The van der Waals surface area contributed by atoms with E-state index in [1.807, 2.05) is 12.1 Å². The second-order valence-corrected chi connectivity index (χ2v) is 9.26. The molecule has 12 heteroatoms. The molecule has 0 radical (unpaired) electrons. The number of piperazine rings is 1. The average Bonchev–Trinajstić information content (AvgIpc) is 3.00. The van der Waals surface area contributed by atoms with Crippen molar-refractivity contribution >= 4 is 40.6 Å². The molecule has 0 amide bonds. The molecule has 0 aliphatic carbocycles. The number of morpholine rings is 1. The number of aromatic nitrogens is 5. The second-order valence-electron chi connectivity index (χ2n) is 9.26. The summed E-state index contributed by atoms with van der Waals surface area (Å²) in [5.41, 5.74) is 3.62. The number of nitrogens with one attached hydrogen (secondary N) is 2. The zero-order chi connectivity index (χ0) is 26.4. The summed E-state index contributed by atoms with van der Waals surface area (Å²) < 4.78 is 18.6. The first-order valence-electron chi connectivity index (χ1n) is 12.9. The number of ether oxygens (including phenoxy) is 1. The smallest absolute Gasteiger partial charge is 0.231 e. The quantitative estimate of drug-likeness (QED) is 0.368. The molecule has 2 aromatic heterocycles. The molecule has 2 aliphatic rings. The Hall–Kier alpha value is -4.58. The Morgan fingerprint density at radius 1 is 0.615 bits per heavy atom. The average molecular weight is 529 g/mol. The van der Waals surface area contributed by atoms with Gasteiger partial charge in [0.2, 0.25) is 17.8 Å². The van der Waals surface area contributed by atoms with Gasteiger partial charge in [-0.25, -0.2) is 24.3 Å². The molecule has 2 fully saturated rings. The summed E-state index contributed by atoms with van der Waals surface area (Å²) in [6.07, 6.45) is 5.00. The van der Waals surface area contributed by atoms with E-state index in [1.54, 1.807) is 24.5 Å². The lowest BCUT2D eigenvalue weighted by molar-refractivity contribution is 0.122. The lowest BCUT2D eigenvalue weighted by Gasteiger charge is -2.34. The van der Waals surface area contributed by atoms with Crippen LogP contribution in [-0.2, 0) is 4.74 Å². The predicted molar refractivity (Wildman–Crippen MR) is 149 cm³/mol. The van der Waals surface area contributed by atoms with Crippen LogP contribution in [-0.4, -0.2) is 77.4 Å². The number of nitrogens with zero attached hydrogens (tertiary/aromatic N) is 8. The Morgan fingerprint density at radius 2 is 1.23 bits per heavy atom. The lowest BCUT2D eigenvalue weighted by Crippen LogP contribution is -2.47. The van der Waals surface area contributed by atoms with Crippen LogP contribution in [0.1, 0.15) is 0 Å². The normalized spacial score (nSPS) is 15.8. The summed E-state index contributed by atoms with van der Waals surface area (Å²) >= 11 is 0. The Balaban J connectivity index is 1.03. The van der Waals surface area contributed by atoms with Gasteiger partial charge < -0.3 is 30.1 Å². The zero-order valence-electron chi connectivity index (χ0n) is 21.4. The molecule has 2 aliphatic heterocycles. The highest BCUT2D eigenvalue weighted by atomic mass is 19.1. The van der Waals surface area contributed by atoms with E-state index in [9.17, 15) is 4.39 Å². The van der Waals surface area contributed by atoms with Gasteiger partial charge in [0, 0.05) is 56.3 Å². The molecule has 0 saturated carbocycles. The molecule has 39 heavy (non-hydrogen) atoms. The van der Waals surface area contributed by atoms with Gasteiger partial charge in [0.15, 0.2) is 0 Å². The van der Waals surface area contributed by atoms with Crippen molar-refractivity contribution in [1.82, 2.24) is 24.9 Å². The van der Waals surface area contributed by atoms with E-state index in [1.165, 1.54) is 24.1 Å². The van der Waals surface area contributed by atoms with Crippen LogP contribution in [0, 0.1) is 5.82 Å². The van der Waals surface area contributed by atoms with Crippen LogP contribution in [0.4, 0.5) is 45.0 Å². The first kappa shape index (κ1) is 24.7. The summed E-state index contributed by atoms with van der Waals surface area (Å²) in [6, 6.07) is 14.4. The summed E-state index contributed by atoms with van der Waals surface area (Å²) in [4.78, 5) is 29.0. The van der Waals surface area contributed by atoms with Gasteiger partial charge in [0.05, 0.1) is 31.3 Å². The molecule has 0 unspecified atom stereocenters. The Morgan fingerprint density at radius 3 is 1.92 bits per heavy atom. The van der Waals surface area contributed by atoms with Crippen LogP contribution in [0.25, 0.3) is 0 Å². The van der Waals surface area contributed by atoms with Gasteiger partial charge in [0.25, 0.3) is 0 Å². The van der Waals surface area contributed by atoms with Gasteiger partial charge in [-0.15, -0.1) is 0 Å². The van der Waals surface area contributed by atoms with Crippen LogP contribution in [0.15, 0.2) is 67.3 Å². The minimum Gasteiger partial charge on any atom is -0.378 e. The Labute approximate surface area is 225 Å². The van der Waals surface area contributed by atoms with Crippen LogP contribution in [0.2, 0.25) is 0 Å². The van der Waals surface area contributed by atoms with Crippen LogP contribution in [0.5, 0.6) is 0 Å². The highest BCUT2D eigenvalue weighted by Crippen LogP contribution is 2.22. The van der Waals surface area contributed by atoms with Crippen molar-refractivity contribution in [2.75, 3.05) is 77.8 Å². The third-order valence-electron chi connectivity index (χ3n) is 6.68. The molecule has 0 atom stereocenters. The number of hydrogen-bond acceptors (Lipinski definition) is 11. The highest BCUT2D eigenvalue weighted by Gasteiger charge is 2.21. The maximum atomic E-state index is 13.1. The summed E-state index contributed by atoms with van der Waals surface area (Å²) in [6.45, 7) is 6.28. The lowest BCUT2D eigenvalue weighted by atomic mass is 10.2. The van der Waals surface area contributed by atoms with Gasteiger partial charge in [-0.1, -0.05) is 0 Å². The number of anilines is 7. The molecular weight excluding hydrogens is 499 g/mol. The molecule has 2 saturated heterocycles. The molecule has 4 heterocycles. The fourth-order valence-corrected chi connectivity index (χ4v) is 4.56. The van der Waals surface area contributed by atoms with Crippen molar-refractivity contribution < 1.29 is 9.13 Å². The van der Waals surface area contributed by atoms with Gasteiger partial charge in [-0.3, -0.25) is 0 Å². The maximum absolute atomic E-state index is 13.1. The largest absolute Gasteiger partial charge is 0.378 e. The van der Waals surface area contributed by atoms with E-state index < -0.39 is 0 Å². The van der Waals surface area contributed by atoms with Gasteiger partial charge in [-0.05, 0) is 48.5 Å². The molecule has 11 nitrogen and oxygen atoms in total. The van der Waals surface area contributed by atoms with Crippen molar-refractivity contribution in [3.8, 4) is 0 Å². The zero-order valence-corrected chi connectivity index (χ0v) is 21.4. The highest BCUT2D eigenvalue weighted by molar-refractivity contribution is 5.60. The summed E-state index contributed by atoms with van der Waals surface area (Å²) in [5, 5.41) is 6.46. The minimum atomic E-state index is -0.273. The van der Waals surface area contributed by atoms with Gasteiger partial charge in [0.1, 0.15) is 12.1 Å². The van der Waals surface area contributed by atoms with E-state index >= 15 is 0 Å². The summed E-state index contributed by atoms with van der Waals surface area (Å²) in [5.74, 6) is 1.54. The van der Waals surface area contributed by atoms with Gasteiger partial charge >= 0.3 is 0 Å². The number of hydrogen-bond donors (Lipinski definition) is 2. The predicted octanol–water partition coefficient (Wildman–Crippen LogP) is 3.45. The van der Waals surface area contributed by atoms with E-state index in [4.69, 9.17) is 4.74 Å². The van der Waals surface area contributed by atoms with Crippen molar-refractivity contribution in [1.29, 1.82) is 0 Å². The van der Waals surface area contributed by atoms with E-state index in [0.29, 0.717) is 17.8 Å². The second kappa shape index (κ2) is 11.4. The Kier molecular flexibility index (Phi) is 7.25. The summed E-state index contributed by atoms with van der Waals surface area (Å²) in [7, 11) is 0. The number of rotatable bonds is 7. The number of halogens is 1. The first-order valence-corrected chi connectivity index (χ1v) is 12.9. The van der Waals surface area contributed by atoms with Crippen LogP contribution < -0.4 is 25.3 Å². The van der Waals surface area contributed by atoms with Crippen molar-refractivity contribution in [2.24, 2.45) is 0 Å². The third-order valence-corrected chi connectivity index (χ3v) is 6.68. The SMILES string of the molecule is Fc1ccc(Nc2cnc(N3CCN(c4ncnc(Nc5ccc(N6CCOCC6)cc5)n4)CC3)nc2)cc1. The molecule has 0 spiro atoms. The fraction of sp³-hybridized carbons (Fsp3) is 0.296. The van der Waals surface area contributed by atoms with Gasteiger partial charge in [-0.2, -0.15) is 4.98 Å². The molecule has 4 aromatic rings. The standard InChI is InChI=1S/C27H29FN10O/c28-20-1-3-21(4-2-20)33-23-17-29-26(30-18-23)37-9-11-38(12-10-37)27-32-19-31-25(35-27)34-22-5-7-24(8-6-22)36-13-15-39-16-14-36/h1-8,17-19,33H,9-16H2,(H,31,32,34,35). The van der Waals surface area contributed by atoms with Crippen molar-refractivity contribution in [3.05, 3.63) is 73.1 Å². The fourth-order valence-electron chi connectivity index (χ4n) is 4.56. The third kappa shape index (κ3) is 6.12. The monoisotopic (exact) mass is 528 g/mol. The molecule has 2 aromatic carbocycles. The minimum absolute atomic E-state index is 0.273. The van der Waals surface area contributed by atoms with E-state index in [-0.39, 0.29) is 5.82 Å². The molecule has 2 N–H and O–H groups in total. The van der Waals surface area contributed by atoms with E-state index in [0.717, 1.165) is 69.5 Å². The number of benzene rings is 2. The van der Waals surface area contributed by atoms with Crippen LogP contribution in [0.3, 0.4) is 0 Å². The van der Waals surface area contributed by atoms with Crippen molar-refractivity contribution in [2.45, 2.75) is 0 Å². The molecule has 0 bridgehead atoms. The topological polar surface area (TPSA) is 107 Å². The van der Waals surface area contributed by atoms with Crippen LogP contribution >= 0.6 is 0 Å². The van der Waals surface area contributed by atoms with E-state index in [2.05, 4.69) is 62.4 Å². The first-order chi connectivity index (χ1) is 19.2. The molecule has 200 valence electrons. The molecular formula is C27H29FN10O.